The van der Waals surface area contributed by atoms with Gasteiger partial charge < -0.3 is 0 Å². The summed E-state index contributed by atoms with van der Waals surface area (Å²) in [7, 11) is 0. The zero-order valence-corrected chi connectivity index (χ0v) is 6.48. The molecule has 0 heteroatoms. The highest BCUT2D eigenvalue weighted by Crippen LogP contribution is 2.69. The van der Waals surface area contributed by atoms with Crippen molar-refractivity contribution in [2.24, 2.45) is 17.3 Å². The molecule has 2 aliphatic rings. The van der Waals surface area contributed by atoms with E-state index >= 15 is 0 Å². The molecule has 0 spiro atoms. The molecule has 3 atom stereocenters. The predicted molar refractivity (Wildman–Crippen MR) is 39.2 cm³/mol. The van der Waals surface area contributed by atoms with Crippen molar-refractivity contribution in [3.05, 3.63) is 0 Å². The largest absolute Gasteiger partial charge is 0.0648 e. The van der Waals surface area contributed by atoms with E-state index in [0.29, 0.717) is 0 Å². The Morgan fingerprint density at radius 3 is 2.67 bits per heavy atom. The van der Waals surface area contributed by atoms with Gasteiger partial charge in [0.15, 0.2) is 0 Å². The van der Waals surface area contributed by atoms with E-state index in [-0.39, 0.29) is 0 Å². The Bertz CT molecular complexity index is 128. The summed E-state index contributed by atoms with van der Waals surface area (Å²) in [4.78, 5) is 0. The lowest BCUT2D eigenvalue weighted by atomic mass is 9.98. The lowest BCUT2D eigenvalue weighted by molar-refractivity contribution is 0.430. The van der Waals surface area contributed by atoms with Gasteiger partial charge in [-0.15, -0.1) is 0 Å². The Morgan fingerprint density at radius 2 is 2.33 bits per heavy atom. The monoisotopic (exact) mass is 124 g/mol. The van der Waals surface area contributed by atoms with Crippen molar-refractivity contribution in [3.63, 3.8) is 0 Å². The fourth-order valence-electron chi connectivity index (χ4n) is 3.16. The Labute approximate surface area is 57.6 Å². The van der Waals surface area contributed by atoms with Crippen LogP contribution in [-0.2, 0) is 0 Å². The second kappa shape index (κ2) is 1.53. The van der Waals surface area contributed by atoms with Gasteiger partial charge in [0.25, 0.3) is 0 Å². The zero-order valence-electron chi connectivity index (χ0n) is 6.48. The van der Waals surface area contributed by atoms with Gasteiger partial charge >= 0.3 is 0 Å². The maximum Gasteiger partial charge on any atom is -0.0241 e. The number of fused-ring (bicyclic) bond motifs is 1. The Kier molecular flexibility index (Phi) is 0.980. The second-order valence-electron chi connectivity index (χ2n) is 3.87. The summed E-state index contributed by atoms with van der Waals surface area (Å²) in [5, 5.41) is 0. The van der Waals surface area contributed by atoms with Gasteiger partial charge in [-0.3, -0.25) is 0 Å². The van der Waals surface area contributed by atoms with Crippen LogP contribution < -0.4 is 0 Å². The molecular weight excluding hydrogens is 108 g/mol. The normalized spacial score (nSPS) is 55.3. The van der Waals surface area contributed by atoms with Gasteiger partial charge in [0.2, 0.25) is 0 Å². The topological polar surface area (TPSA) is 0 Å². The molecule has 0 saturated heterocycles. The highest BCUT2D eigenvalue weighted by atomic mass is 14.7. The lowest BCUT2D eigenvalue weighted by Crippen LogP contribution is -1.97. The van der Waals surface area contributed by atoms with E-state index in [9.17, 15) is 0 Å². The van der Waals surface area contributed by atoms with E-state index in [0.717, 1.165) is 17.3 Å². The third kappa shape index (κ3) is 0.500. The molecule has 2 saturated carbocycles. The van der Waals surface area contributed by atoms with Gasteiger partial charge in [0.1, 0.15) is 0 Å². The zero-order chi connectivity index (χ0) is 6.48. The van der Waals surface area contributed by atoms with Crippen LogP contribution in [0.4, 0.5) is 0 Å². The van der Waals surface area contributed by atoms with Crippen LogP contribution >= 0.6 is 0 Å². The summed E-state index contributed by atoms with van der Waals surface area (Å²) in [6.07, 6.45) is 6.03. The number of rotatable bonds is 1. The maximum atomic E-state index is 2.44. The van der Waals surface area contributed by atoms with Gasteiger partial charge in [0, 0.05) is 0 Å². The molecule has 0 aliphatic heterocycles. The van der Waals surface area contributed by atoms with Crippen molar-refractivity contribution >= 4 is 0 Å². The highest BCUT2D eigenvalue weighted by molar-refractivity contribution is 5.10. The van der Waals surface area contributed by atoms with Crippen LogP contribution in [0.15, 0.2) is 0 Å². The second-order valence-corrected chi connectivity index (χ2v) is 3.87. The Morgan fingerprint density at radius 1 is 1.56 bits per heavy atom. The fourth-order valence-corrected chi connectivity index (χ4v) is 3.16. The molecule has 2 rings (SSSR count). The summed E-state index contributed by atoms with van der Waals surface area (Å²) in [5.74, 6) is 2.22. The minimum Gasteiger partial charge on any atom is -0.0648 e. The predicted octanol–water partition coefficient (Wildman–Crippen LogP) is 2.83. The third-order valence-electron chi connectivity index (χ3n) is 3.96. The molecule has 9 heavy (non-hydrogen) atoms. The molecule has 0 amide bonds. The first kappa shape index (κ1) is 5.76. The average molecular weight is 124 g/mol. The first-order chi connectivity index (χ1) is 4.31. The van der Waals surface area contributed by atoms with E-state index < -0.39 is 0 Å². The van der Waals surface area contributed by atoms with Crippen molar-refractivity contribution < 1.29 is 0 Å². The van der Waals surface area contributed by atoms with Gasteiger partial charge in [-0.25, -0.2) is 0 Å². The molecule has 0 bridgehead atoms. The minimum absolute atomic E-state index is 0.861. The summed E-state index contributed by atoms with van der Waals surface area (Å²) in [6, 6.07) is 0. The molecule has 0 nitrogen and oxygen atoms in total. The van der Waals surface area contributed by atoms with E-state index in [4.69, 9.17) is 0 Å². The van der Waals surface area contributed by atoms with Crippen molar-refractivity contribution in [3.8, 4) is 0 Å². The molecule has 0 radical (unpaired) electrons. The molecule has 2 unspecified atom stereocenters. The van der Waals surface area contributed by atoms with E-state index in [1.165, 1.54) is 25.7 Å². The van der Waals surface area contributed by atoms with Gasteiger partial charge in [-0.2, -0.15) is 0 Å². The fraction of sp³-hybridized carbons (Fsp3) is 1.00. The van der Waals surface area contributed by atoms with Crippen LogP contribution in [0.3, 0.4) is 0 Å². The summed E-state index contributed by atoms with van der Waals surface area (Å²) in [5.41, 5.74) is 0.861. The lowest BCUT2D eigenvalue weighted by Gasteiger charge is -2.07. The SMILES string of the molecule is CCC12CCCC1[C@H]2C. The summed E-state index contributed by atoms with van der Waals surface area (Å²) >= 11 is 0. The molecule has 0 aromatic carbocycles. The molecule has 0 heterocycles. The molecule has 2 fully saturated rings. The molecule has 2 aliphatic carbocycles. The standard InChI is InChI=1S/C9H16/c1-3-9-6-4-5-8(9)7(9)2/h7-8H,3-6H2,1-2H3/t7-,8?,9?/m1/s1. The van der Waals surface area contributed by atoms with Gasteiger partial charge in [-0.05, 0) is 36.5 Å². The van der Waals surface area contributed by atoms with Crippen LogP contribution in [0, 0.1) is 17.3 Å². The first-order valence-electron chi connectivity index (χ1n) is 4.31. The van der Waals surface area contributed by atoms with Crippen molar-refractivity contribution in [1.82, 2.24) is 0 Å². The van der Waals surface area contributed by atoms with Crippen LogP contribution in [-0.4, -0.2) is 0 Å². The molecule has 0 N–H and O–H groups in total. The first-order valence-corrected chi connectivity index (χ1v) is 4.31. The van der Waals surface area contributed by atoms with Gasteiger partial charge in [0.05, 0.1) is 0 Å². The van der Waals surface area contributed by atoms with Crippen LogP contribution in [0.5, 0.6) is 0 Å². The maximum absolute atomic E-state index is 2.44. The Balaban J connectivity index is 2.13. The number of hydrogen-bond donors (Lipinski definition) is 0. The van der Waals surface area contributed by atoms with E-state index in [1.807, 2.05) is 0 Å². The Hall–Kier alpha value is 0. The van der Waals surface area contributed by atoms with E-state index in [2.05, 4.69) is 13.8 Å². The number of hydrogen-bond acceptors (Lipinski definition) is 0. The van der Waals surface area contributed by atoms with E-state index in [1.54, 1.807) is 0 Å². The quantitative estimate of drug-likeness (QED) is 0.504. The van der Waals surface area contributed by atoms with Crippen molar-refractivity contribution in [2.45, 2.75) is 39.5 Å². The van der Waals surface area contributed by atoms with Gasteiger partial charge in [-0.1, -0.05) is 20.3 Å². The van der Waals surface area contributed by atoms with Crippen LogP contribution in [0.25, 0.3) is 0 Å². The molecule has 0 aromatic rings. The van der Waals surface area contributed by atoms with Crippen LogP contribution in [0.2, 0.25) is 0 Å². The van der Waals surface area contributed by atoms with Crippen LogP contribution in [0.1, 0.15) is 39.5 Å². The third-order valence-corrected chi connectivity index (χ3v) is 3.96. The smallest absolute Gasteiger partial charge is 0.0241 e. The highest BCUT2D eigenvalue weighted by Gasteiger charge is 2.61. The summed E-state index contributed by atoms with van der Waals surface area (Å²) in [6.45, 7) is 4.80. The molecular formula is C9H16. The minimum atomic E-state index is 0.861. The summed E-state index contributed by atoms with van der Waals surface area (Å²) < 4.78 is 0. The van der Waals surface area contributed by atoms with Crippen molar-refractivity contribution in [2.75, 3.05) is 0 Å². The average Bonchev–Trinajstić information content (AvgIpc) is 2.29. The van der Waals surface area contributed by atoms with Crippen molar-refractivity contribution in [1.29, 1.82) is 0 Å². The molecule has 0 aromatic heterocycles. The molecule has 52 valence electrons.